The third kappa shape index (κ3) is 3.39. The average molecular weight is 388 g/mol. The third-order valence-electron chi connectivity index (χ3n) is 6.46. The van der Waals surface area contributed by atoms with Crippen LogP contribution in [0.4, 0.5) is 0 Å². The molecule has 0 spiro atoms. The SMILES string of the molecule is CC(Sc1nnnn1Cc1ccco1)C(=O)NC12CC3CC(CC(C3)C1)C2. The Morgan fingerprint density at radius 2 is 2.04 bits per heavy atom. The van der Waals surface area contributed by atoms with Crippen LogP contribution in [0.25, 0.3) is 0 Å². The molecule has 0 aromatic carbocycles. The van der Waals surface area contributed by atoms with Crippen LogP contribution in [0.5, 0.6) is 0 Å². The zero-order valence-corrected chi connectivity index (χ0v) is 16.3. The van der Waals surface area contributed by atoms with E-state index in [1.807, 2.05) is 19.1 Å². The predicted octanol–water partition coefficient (Wildman–Crippen LogP) is 2.88. The molecule has 0 aliphatic heterocycles. The molecule has 0 radical (unpaired) electrons. The number of nitrogens with zero attached hydrogens (tertiary/aromatic N) is 4. The number of thioether (sulfide) groups is 1. The monoisotopic (exact) mass is 387 g/mol. The maximum absolute atomic E-state index is 13.0. The molecule has 4 bridgehead atoms. The highest BCUT2D eigenvalue weighted by Crippen LogP contribution is 2.55. The van der Waals surface area contributed by atoms with E-state index in [0.717, 1.165) is 23.5 Å². The van der Waals surface area contributed by atoms with Gasteiger partial charge >= 0.3 is 0 Å². The van der Waals surface area contributed by atoms with E-state index in [-0.39, 0.29) is 16.7 Å². The fraction of sp³-hybridized carbons (Fsp3) is 0.684. The highest BCUT2D eigenvalue weighted by molar-refractivity contribution is 8.00. The number of furan rings is 1. The fourth-order valence-corrected chi connectivity index (χ4v) is 6.56. The number of hydrogen-bond acceptors (Lipinski definition) is 6. The van der Waals surface area contributed by atoms with Crippen LogP contribution in [0, 0.1) is 17.8 Å². The second kappa shape index (κ2) is 6.65. The summed E-state index contributed by atoms with van der Waals surface area (Å²) < 4.78 is 7.05. The number of tetrazole rings is 1. The van der Waals surface area contributed by atoms with E-state index >= 15 is 0 Å². The average Bonchev–Trinajstić information content (AvgIpc) is 3.26. The minimum Gasteiger partial charge on any atom is -0.467 e. The van der Waals surface area contributed by atoms with E-state index in [9.17, 15) is 4.79 Å². The second-order valence-electron chi connectivity index (χ2n) is 8.65. The van der Waals surface area contributed by atoms with Gasteiger partial charge in [0.2, 0.25) is 11.1 Å². The van der Waals surface area contributed by atoms with Gasteiger partial charge in [0.05, 0.1) is 11.5 Å². The van der Waals surface area contributed by atoms with Crippen LogP contribution in [0.15, 0.2) is 28.0 Å². The molecule has 4 fully saturated rings. The third-order valence-corrected chi connectivity index (χ3v) is 7.53. The number of nitrogens with one attached hydrogen (secondary N) is 1. The Kier molecular flexibility index (Phi) is 4.26. The summed E-state index contributed by atoms with van der Waals surface area (Å²) in [6, 6.07) is 3.73. The van der Waals surface area contributed by atoms with Gasteiger partial charge in [0, 0.05) is 5.54 Å². The molecule has 4 saturated carbocycles. The van der Waals surface area contributed by atoms with Gasteiger partial charge in [0.1, 0.15) is 12.3 Å². The number of carbonyl (C=O) groups is 1. The van der Waals surface area contributed by atoms with Gasteiger partial charge in [-0.3, -0.25) is 4.79 Å². The molecule has 2 aromatic heterocycles. The van der Waals surface area contributed by atoms with Gasteiger partial charge in [-0.25, -0.2) is 4.68 Å². The highest BCUT2D eigenvalue weighted by Gasteiger charge is 2.51. The molecule has 0 saturated heterocycles. The minimum atomic E-state index is -0.237. The van der Waals surface area contributed by atoms with Gasteiger partial charge < -0.3 is 9.73 Å². The minimum absolute atomic E-state index is 0.0424. The largest absolute Gasteiger partial charge is 0.467 e. The Bertz CT molecular complexity index is 783. The number of carbonyl (C=O) groups excluding carboxylic acids is 1. The Morgan fingerprint density at radius 1 is 1.33 bits per heavy atom. The zero-order chi connectivity index (χ0) is 18.4. The maximum atomic E-state index is 13.0. The number of amides is 1. The number of rotatable bonds is 6. The molecule has 4 aliphatic rings. The van der Waals surface area contributed by atoms with Gasteiger partial charge in [-0.2, -0.15) is 0 Å². The summed E-state index contributed by atoms with van der Waals surface area (Å²) in [5, 5.41) is 15.7. The summed E-state index contributed by atoms with van der Waals surface area (Å²) in [5.74, 6) is 3.35. The first-order valence-electron chi connectivity index (χ1n) is 9.86. The first-order chi connectivity index (χ1) is 13.1. The molecule has 2 aromatic rings. The van der Waals surface area contributed by atoms with Crippen LogP contribution in [0.1, 0.15) is 51.2 Å². The van der Waals surface area contributed by atoms with Crippen molar-refractivity contribution >= 4 is 17.7 Å². The van der Waals surface area contributed by atoms with Crippen LogP contribution in [-0.4, -0.2) is 36.9 Å². The van der Waals surface area contributed by atoms with Crippen molar-refractivity contribution in [1.29, 1.82) is 0 Å². The Labute approximate surface area is 162 Å². The van der Waals surface area contributed by atoms with Crippen LogP contribution in [-0.2, 0) is 11.3 Å². The van der Waals surface area contributed by atoms with Crippen molar-refractivity contribution in [2.24, 2.45) is 17.8 Å². The molecule has 7 nitrogen and oxygen atoms in total. The van der Waals surface area contributed by atoms with Crippen LogP contribution < -0.4 is 5.32 Å². The van der Waals surface area contributed by atoms with E-state index in [2.05, 4.69) is 20.8 Å². The first-order valence-corrected chi connectivity index (χ1v) is 10.7. The summed E-state index contributed by atoms with van der Waals surface area (Å²) in [5.41, 5.74) is 0.0424. The molecule has 6 rings (SSSR count). The topological polar surface area (TPSA) is 85.8 Å². The summed E-state index contributed by atoms with van der Waals surface area (Å²) in [4.78, 5) is 13.0. The van der Waals surface area contributed by atoms with E-state index < -0.39 is 0 Å². The number of hydrogen-bond donors (Lipinski definition) is 1. The van der Waals surface area contributed by atoms with Gasteiger partial charge in [0.15, 0.2) is 0 Å². The van der Waals surface area contributed by atoms with Crippen molar-refractivity contribution in [3.05, 3.63) is 24.2 Å². The summed E-state index contributed by atoms with van der Waals surface area (Å²) in [6.45, 7) is 2.40. The fourth-order valence-electron chi connectivity index (χ4n) is 5.77. The van der Waals surface area contributed by atoms with Crippen LogP contribution >= 0.6 is 11.8 Å². The van der Waals surface area contributed by atoms with Gasteiger partial charge in [-0.1, -0.05) is 11.8 Å². The molecule has 144 valence electrons. The highest BCUT2D eigenvalue weighted by atomic mass is 32.2. The molecular weight excluding hydrogens is 362 g/mol. The van der Waals surface area contributed by atoms with Crippen molar-refractivity contribution < 1.29 is 9.21 Å². The zero-order valence-electron chi connectivity index (χ0n) is 15.5. The summed E-state index contributed by atoms with van der Waals surface area (Å²) >= 11 is 1.41. The Morgan fingerprint density at radius 3 is 2.67 bits per heavy atom. The lowest BCUT2D eigenvalue weighted by Crippen LogP contribution is -2.60. The van der Waals surface area contributed by atoms with E-state index in [0.29, 0.717) is 11.7 Å². The quantitative estimate of drug-likeness (QED) is 0.767. The molecular formula is C19H25N5O2S. The molecule has 1 unspecified atom stereocenters. The van der Waals surface area contributed by atoms with E-state index in [1.54, 1.807) is 10.9 Å². The molecule has 1 N–H and O–H groups in total. The van der Waals surface area contributed by atoms with Crippen molar-refractivity contribution in [3.8, 4) is 0 Å². The van der Waals surface area contributed by atoms with Crippen molar-refractivity contribution in [2.45, 2.75) is 67.9 Å². The van der Waals surface area contributed by atoms with Gasteiger partial charge in [0.25, 0.3) is 0 Å². The maximum Gasteiger partial charge on any atom is 0.233 e. The van der Waals surface area contributed by atoms with Crippen molar-refractivity contribution in [1.82, 2.24) is 25.5 Å². The molecule has 2 heterocycles. The molecule has 1 atom stereocenters. The van der Waals surface area contributed by atoms with E-state index in [4.69, 9.17) is 4.42 Å². The standard InChI is InChI=1S/C19H25N5O2S/c1-12(27-18-21-22-23-24(18)11-16-3-2-4-26-16)17(25)20-19-8-13-5-14(9-19)7-15(6-13)10-19/h2-4,12-15H,5-11H2,1H3,(H,20,25). The summed E-state index contributed by atoms with van der Waals surface area (Å²) in [7, 11) is 0. The normalized spacial score (nSPS) is 32.6. The second-order valence-corrected chi connectivity index (χ2v) is 9.95. The Hall–Kier alpha value is -1.83. The smallest absolute Gasteiger partial charge is 0.233 e. The first kappa shape index (κ1) is 17.3. The van der Waals surface area contributed by atoms with E-state index in [1.165, 1.54) is 50.3 Å². The summed E-state index contributed by atoms with van der Waals surface area (Å²) in [6.07, 6.45) is 9.26. The predicted molar refractivity (Wildman–Crippen MR) is 100.0 cm³/mol. The van der Waals surface area contributed by atoms with Gasteiger partial charge in [-0.15, -0.1) is 5.10 Å². The molecule has 4 aliphatic carbocycles. The number of aromatic nitrogens is 4. The molecule has 8 heteroatoms. The van der Waals surface area contributed by atoms with Crippen molar-refractivity contribution in [3.63, 3.8) is 0 Å². The lowest BCUT2D eigenvalue weighted by Gasteiger charge is -2.57. The Balaban J connectivity index is 1.24. The van der Waals surface area contributed by atoms with Crippen molar-refractivity contribution in [2.75, 3.05) is 0 Å². The van der Waals surface area contributed by atoms with Crippen LogP contribution in [0.2, 0.25) is 0 Å². The molecule has 1 amide bonds. The van der Waals surface area contributed by atoms with Crippen LogP contribution in [0.3, 0.4) is 0 Å². The lowest BCUT2D eigenvalue weighted by molar-refractivity contribution is -0.126. The van der Waals surface area contributed by atoms with Gasteiger partial charge in [-0.05, 0) is 85.8 Å². The lowest BCUT2D eigenvalue weighted by atomic mass is 9.53. The molecule has 27 heavy (non-hydrogen) atoms.